The number of aryl methyl sites for hydroxylation is 2. The van der Waals surface area contributed by atoms with E-state index in [0.717, 1.165) is 11.1 Å². The van der Waals surface area contributed by atoms with E-state index >= 15 is 0 Å². The van der Waals surface area contributed by atoms with E-state index in [1.54, 1.807) is 30.3 Å². The standard InChI is InChI=1S/C19H19ClO4/c1-12-3-6-14(10-16(12)20)18(23)11-15(21)7-4-13-5-8-17(22)19(9-13)24-2/h3,5-6,8-10,22H,4,7,11H2,1-2H3. The maximum atomic E-state index is 12.1. The summed E-state index contributed by atoms with van der Waals surface area (Å²) in [4.78, 5) is 24.2. The van der Waals surface area contributed by atoms with Gasteiger partial charge in [0.25, 0.3) is 0 Å². The highest BCUT2D eigenvalue weighted by Gasteiger charge is 2.13. The zero-order chi connectivity index (χ0) is 17.7. The van der Waals surface area contributed by atoms with Crippen LogP contribution in [0.25, 0.3) is 0 Å². The fourth-order valence-corrected chi connectivity index (χ4v) is 2.48. The van der Waals surface area contributed by atoms with Crippen LogP contribution in [0, 0.1) is 6.92 Å². The number of methoxy groups -OCH3 is 1. The molecule has 0 atom stereocenters. The van der Waals surface area contributed by atoms with Gasteiger partial charge in [-0.2, -0.15) is 0 Å². The van der Waals surface area contributed by atoms with Crippen LogP contribution in [-0.4, -0.2) is 23.8 Å². The van der Waals surface area contributed by atoms with Gasteiger partial charge in [-0.3, -0.25) is 9.59 Å². The number of hydrogen-bond donors (Lipinski definition) is 1. The minimum absolute atomic E-state index is 0.0546. The van der Waals surface area contributed by atoms with E-state index in [0.29, 0.717) is 22.8 Å². The molecule has 1 N–H and O–H groups in total. The van der Waals surface area contributed by atoms with Crippen molar-refractivity contribution in [2.24, 2.45) is 0 Å². The van der Waals surface area contributed by atoms with E-state index in [1.807, 2.05) is 6.92 Å². The van der Waals surface area contributed by atoms with Crippen LogP contribution in [0.3, 0.4) is 0 Å². The molecule has 0 saturated carbocycles. The van der Waals surface area contributed by atoms with Gasteiger partial charge in [-0.05, 0) is 42.7 Å². The van der Waals surface area contributed by atoms with Crippen molar-refractivity contribution in [3.05, 3.63) is 58.1 Å². The molecule has 2 aromatic carbocycles. The Balaban J connectivity index is 1.93. The molecule has 4 nitrogen and oxygen atoms in total. The molecule has 0 bridgehead atoms. The van der Waals surface area contributed by atoms with Crippen molar-refractivity contribution in [3.8, 4) is 11.5 Å². The number of rotatable bonds is 7. The van der Waals surface area contributed by atoms with Crippen molar-refractivity contribution >= 4 is 23.2 Å². The maximum Gasteiger partial charge on any atom is 0.170 e. The molecule has 2 aromatic rings. The zero-order valence-electron chi connectivity index (χ0n) is 13.6. The average Bonchev–Trinajstić information content (AvgIpc) is 2.56. The highest BCUT2D eigenvalue weighted by molar-refractivity contribution is 6.31. The van der Waals surface area contributed by atoms with Crippen LogP contribution in [0.5, 0.6) is 11.5 Å². The Hall–Kier alpha value is -2.33. The topological polar surface area (TPSA) is 63.6 Å². The lowest BCUT2D eigenvalue weighted by Crippen LogP contribution is -2.09. The third kappa shape index (κ3) is 4.59. The molecule has 0 fully saturated rings. The van der Waals surface area contributed by atoms with Crippen LogP contribution < -0.4 is 4.74 Å². The van der Waals surface area contributed by atoms with E-state index in [-0.39, 0.29) is 30.2 Å². The first-order chi connectivity index (χ1) is 11.4. The van der Waals surface area contributed by atoms with Crippen LogP contribution in [0.4, 0.5) is 0 Å². The number of phenolic OH excluding ortho intramolecular Hbond substituents is 1. The summed E-state index contributed by atoms with van der Waals surface area (Å²) in [6.45, 7) is 1.85. The Morgan fingerprint density at radius 2 is 1.92 bits per heavy atom. The number of Topliss-reactive ketones (excluding diaryl/α,β-unsaturated/α-hetero) is 2. The summed E-state index contributed by atoms with van der Waals surface area (Å²) in [7, 11) is 1.47. The molecule has 0 aliphatic rings. The first-order valence-electron chi connectivity index (χ1n) is 7.57. The van der Waals surface area contributed by atoms with Crippen LogP contribution in [-0.2, 0) is 11.2 Å². The van der Waals surface area contributed by atoms with Crippen molar-refractivity contribution < 1.29 is 19.4 Å². The van der Waals surface area contributed by atoms with E-state index < -0.39 is 0 Å². The number of carbonyl (C=O) groups is 2. The van der Waals surface area contributed by atoms with Crippen LogP contribution >= 0.6 is 11.6 Å². The molecule has 0 spiro atoms. The summed E-state index contributed by atoms with van der Waals surface area (Å²) in [6.07, 6.45) is 0.589. The monoisotopic (exact) mass is 346 g/mol. The van der Waals surface area contributed by atoms with E-state index in [9.17, 15) is 14.7 Å². The largest absolute Gasteiger partial charge is 0.504 e. The molecule has 0 heterocycles. The Morgan fingerprint density at radius 1 is 1.17 bits per heavy atom. The second-order valence-electron chi connectivity index (χ2n) is 5.61. The second-order valence-corrected chi connectivity index (χ2v) is 6.02. The third-order valence-electron chi connectivity index (χ3n) is 3.79. The third-order valence-corrected chi connectivity index (χ3v) is 4.20. The number of hydrogen-bond acceptors (Lipinski definition) is 4. The van der Waals surface area contributed by atoms with Gasteiger partial charge < -0.3 is 9.84 Å². The summed E-state index contributed by atoms with van der Waals surface area (Å²) < 4.78 is 5.03. The lowest BCUT2D eigenvalue weighted by Gasteiger charge is -2.07. The van der Waals surface area contributed by atoms with Crippen molar-refractivity contribution in [1.29, 1.82) is 0 Å². The quantitative estimate of drug-likeness (QED) is 0.604. The number of aromatic hydroxyl groups is 1. The summed E-state index contributed by atoms with van der Waals surface area (Å²) in [5.74, 6) is 0.0539. The molecular weight excluding hydrogens is 328 g/mol. The van der Waals surface area contributed by atoms with Gasteiger partial charge in [0.05, 0.1) is 13.5 Å². The molecule has 0 saturated heterocycles. The Kier molecular flexibility index (Phi) is 5.99. The van der Waals surface area contributed by atoms with Gasteiger partial charge >= 0.3 is 0 Å². The molecule has 0 amide bonds. The summed E-state index contributed by atoms with van der Waals surface area (Å²) in [6, 6.07) is 9.98. The summed E-state index contributed by atoms with van der Waals surface area (Å²) in [5, 5.41) is 10.1. The Morgan fingerprint density at radius 3 is 2.58 bits per heavy atom. The van der Waals surface area contributed by atoms with Gasteiger partial charge in [-0.15, -0.1) is 0 Å². The average molecular weight is 347 g/mol. The van der Waals surface area contributed by atoms with Gasteiger partial charge in [0, 0.05) is 17.0 Å². The van der Waals surface area contributed by atoms with Crippen molar-refractivity contribution in [2.75, 3.05) is 7.11 Å². The van der Waals surface area contributed by atoms with Crippen molar-refractivity contribution in [2.45, 2.75) is 26.2 Å². The number of ether oxygens (including phenoxy) is 1. The van der Waals surface area contributed by atoms with Gasteiger partial charge in [-0.1, -0.05) is 29.8 Å². The molecule has 0 aromatic heterocycles. The summed E-state index contributed by atoms with van der Waals surface area (Å²) in [5.41, 5.74) is 2.20. The van der Waals surface area contributed by atoms with E-state index in [4.69, 9.17) is 16.3 Å². The fraction of sp³-hybridized carbons (Fsp3) is 0.263. The minimum Gasteiger partial charge on any atom is -0.504 e. The molecule has 0 aliphatic heterocycles. The second kappa shape index (κ2) is 7.97. The van der Waals surface area contributed by atoms with Gasteiger partial charge in [0.2, 0.25) is 0 Å². The number of carbonyl (C=O) groups excluding carboxylic acids is 2. The molecule has 0 aliphatic carbocycles. The molecule has 5 heteroatoms. The smallest absolute Gasteiger partial charge is 0.170 e. The number of phenols is 1. The van der Waals surface area contributed by atoms with E-state index in [2.05, 4.69) is 0 Å². The minimum atomic E-state index is -0.231. The van der Waals surface area contributed by atoms with Gasteiger partial charge in [0.1, 0.15) is 5.78 Å². The Bertz CT molecular complexity index is 768. The van der Waals surface area contributed by atoms with Crippen LogP contribution in [0.15, 0.2) is 36.4 Å². The first-order valence-corrected chi connectivity index (χ1v) is 7.95. The van der Waals surface area contributed by atoms with Crippen molar-refractivity contribution in [1.82, 2.24) is 0 Å². The zero-order valence-corrected chi connectivity index (χ0v) is 14.4. The normalized spacial score (nSPS) is 10.5. The molecule has 0 radical (unpaired) electrons. The molecule has 126 valence electrons. The molecule has 24 heavy (non-hydrogen) atoms. The van der Waals surface area contributed by atoms with Gasteiger partial charge in [-0.25, -0.2) is 0 Å². The number of halogens is 1. The molecule has 2 rings (SSSR count). The fourth-order valence-electron chi connectivity index (χ4n) is 2.30. The Labute approximate surface area is 146 Å². The maximum absolute atomic E-state index is 12.1. The SMILES string of the molecule is COc1cc(CCC(=O)CC(=O)c2ccc(C)c(Cl)c2)ccc1O. The van der Waals surface area contributed by atoms with Crippen LogP contribution in [0.2, 0.25) is 5.02 Å². The van der Waals surface area contributed by atoms with Crippen LogP contribution in [0.1, 0.15) is 34.3 Å². The lowest BCUT2D eigenvalue weighted by atomic mass is 10.0. The number of benzene rings is 2. The molecule has 0 unspecified atom stereocenters. The predicted molar refractivity (Wildman–Crippen MR) is 93.1 cm³/mol. The highest BCUT2D eigenvalue weighted by atomic mass is 35.5. The van der Waals surface area contributed by atoms with Gasteiger partial charge in [0.15, 0.2) is 17.3 Å². The lowest BCUT2D eigenvalue weighted by molar-refractivity contribution is -0.118. The number of ketones is 2. The highest BCUT2D eigenvalue weighted by Crippen LogP contribution is 2.26. The van der Waals surface area contributed by atoms with Crippen molar-refractivity contribution in [3.63, 3.8) is 0 Å². The predicted octanol–water partition coefficient (Wildman–Crippen LogP) is 4.14. The van der Waals surface area contributed by atoms with E-state index in [1.165, 1.54) is 13.2 Å². The summed E-state index contributed by atoms with van der Waals surface area (Å²) >= 11 is 6.01. The first kappa shape index (κ1) is 18.0. The molecular formula is C19H19ClO4.